The summed E-state index contributed by atoms with van der Waals surface area (Å²) < 4.78 is 5.98. The molecule has 3 aromatic rings. The first kappa shape index (κ1) is 21.9. The van der Waals surface area contributed by atoms with Crippen LogP contribution in [-0.4, -0.2) is 64.6 Å². The molecule has 0 saturated heterocycles. The number of benzene rings is 1. The lowest BCUT2D eigenvalue weighted by molar-refractivity contribution is -0.873. The fourth-order valence-electron chi connectivity index (χ4n) is 3.06. The number of anilines is 2. The number of rotatable bonds is 9. The average molecular weight is 427 g/mol. The van der Waals surface area contributed by atoms with Crippen LogP contribution in [0.5, 0.6) is 0 Å². The Morgan fingerprint density at radius 1 is 1.26 bits per heavy atom. The van der Waals surface area contributed by atoms with Gasteiger partial charge in [-0.25, -0.2) is 10.1 Å². The molecule has 0 fully saturated rings. The summed E-state index contributed by atoms with van der Waals surface area (Å²) in [5.74, 6) is -0.258. The number of nitrogens with one attached hydrogen (secondary N) is 2. The van der Waals surface area contributed by atoms with Crippen molar-refractivity contribution in [3.8, 4) is 5.82 Å². The third kappa shape index (κ3) is 5.04. The number of aromatic nitrogens is 5. The van der Waals surface area contributed by atoms with Gasteiger partial charge in [0.05, 0.1) is 20.3 Å². The molecule has 3 rings (SSSR count). The molecule has 0 aliphatic carbocycles. The lowest BCUT2D eigenvalue weighted by Gasteiger charge is -2.20. The van der Waals surface area contributed by atoms with E-state index in [1.165, 1.54) is 4.68 Å². The van der Waals surface area contributed by atoms with E-state index in [4.69, 9.17) is 5.73 Å². The van der Waals surface area contributed by atoms with E-state index >= 15 is 0 Å². The van der Waals surface area contributed by atoms with E-state index in [0.29, 0.717) is 12.2 Å². The molecule has 0 radical (unpaired) electrons. The van der Waals surface area contributed by atoms with Crippen LogP contribution < -0.4 is 21.0 Å². The lowest BCUT2D eigenvalue weighted by atomic mass is 10.2. The van der Waals surface area contributed by atoms with Crippen molar-refractivity contribution in [2.24, 2.45) is 5.10 Å². The molecule has 0 unspecified atom stereocenters. The highest BCUT2D eigenvalue weighted by Gasteiger charge is 2.25. The molecule has 0 bridgehead atoms. The summed E-state index contributed by atoms with van der Waals surface area (Å²) in [6.45, 7) is 6.55. The zero-order chi connectivity index (χ0) is 22.4. The number of nitrogens with two attached hydrogens (primary N) is 1. The fraction of sp³-hybridized carbons (Fsp3) is 0.368. The van der Waals surface area contributed by atoms with Crippen LogP contribution in [0.15, 0.2) is 34.0 Å². The second-order valence-electron chi connectivity index (χ2n) is 7.12. The molecule has 12 heteroatoms. The van der Waals surface area contributed by atoms with Crippen LogP contribution in [0.3, 0.4) is 0 Å². The summed E-state index contributed by atoms with van der Waals surface area (Å²) in [5, 5.41) is 19.3. The smallest absolute Gasteiger partial charge is 0.294 e. The molecule has 31 heavy (non-hydrogen) atoms. The van der Waals surface area contributed by atoms with Gasteiger partial charge in [0.15, 0.2) is 5.69 Å². The molecule has 12 nitrogen and oxygen atoms in total. The highest BCUT2D eigenvalue weighted by atomic mass is 16.6. The maximum atomic E-state index is 12.7. The van der Waals surface area contributed by atoms with Crippen molar-refractivity contribution in [3.63, 3.8) is 0 Å². The largest absolute Gasteiger partial charge is 0.378 e. The number of hydrogen-bond donors (Lipinski definition) is 3. The Hall–Kier alpha value is -3.80. The first-order chi connectivity index (χ1) is 14.9. The predicted molar refractivity (Wildman–Crippen MR) is 115 cm³/mol. The van der Waals surface area contributed by atoms with Crippen LogP contribution in [0.25, 0.3) is 5.82 Å². The van der Waals surface area contributed by atoms with Crippen LogP contribution >= 0.6 is 0 Å². The van der Waals surface area contributed by atoms with Crippen molar-refractivity contribution < 1.29 is 14.3 Å². The van der Waals surface area contributed by atoms with E-state index in [0.717, 1.165) is 29.2 Å². The standard InChI is InChI=1S/C19H26N10O2/c1-5-28(6-2)14-9-7-13(8-10-14)11-21-23-19(30)16-15(12-27(3)4)29(26-22-16)18-17(20)24-31-25-18/h7-11H,5-6,12H2,1-4H3,(H2,20,24)(H,23,30)/p+1/b21-11-. The molecular formula is C19H27N10O2+. The van der Waals surface area contributed by atoms with E-state index in [-0.39, 0.29) is 17.3 Å². The molecule has 0 atom stereocenters. The van der Waals surface area contributed by atoms with Crippen LogP contribution in [-0.2, 0) is 6.54 Å². The minimum atomic E-state index is -0.492. The van der Waals surface area contributed by atoms with Gasteiger partial charge in [-0.2, -0.15) is 9.78 Å². The second-order valence-corrected chi connectivity index (χ2v) is 7.12. The SMILES string of the molecule is CCN(CC)c1ccc(/C=N\NC(=O)c2nnn(-c3nonc3N)c2C[NH+](C)C)cc1. The molecule has 0 aliphatic rings. The van der Waals surface area contributed by atoms with Crippen LogP contribution in [0.4, 0.5) is 11.5 Å². The summed E-state index contributed by atoms with van der Waals surface area (Å²) in [7, 11) is 3.87. The van der Waals surface area contributed by atoms with Crippen molar-refractivity contribution in [1.29, 1.82) is 0 Å². The Morgan fingerprint density at radius 2 is 1.97 bits per heavy atom. The van der Waals surface area contributed by atoms with Gasteiger partial charge in [-0.15, -0.1) is 5.10 Å². The number of carbonyl (C=O) groups is 1. The number of hydrazone groups is 1. The predicted octanol–water partition coefficient (Wildman–Crippen LogP) is -0.513. The highest BCUT2D eigenvalue weighted by Crippen LogP contribution is 2.16. The van der Waals surface area contributed by atoms with E-state index in [1.807, 2.05) is 38.4 Å². The van der Waals surface area contributed by atoms with Crippen LogP contribution in [0.1, 0.15) is 35.6 Å². The Balaban J connectivity index is 1.74. The van der Waals surface area contributed by atoms with Crippen molar-refractivity contribution in [2.45, 2.75) is 20.4 Å². The average Bonchev–Trinajstić information content (AvgIpc) is 3.35. The van der Waals surface area contributed by atoms with Gasteiger partial charge in [-0.1, -0.05) is 17.3 Å². The van der Waals surface area contributed by atoms with Gasteiger partial charge < -0.3 is 15.5 Å². The molecule has 0 saturated carbocycles. The molecule has 164 valence electrons. The first-order valence-electron chi connectivity index (χ1n) is 9.95. The number of nitrogens with zero attached hydrogens (tertiary/aromatic N) is 7. The maximum Gasteiger partial charge on any atom is 0.294 e. The number of nitrogen functional groups attached to an aromatic ring is 1. The Bertz CT molecular complexity index is 1030. The highest BCUT2D eigenvalue weighted by molar-refractivity contribution is 5.94. The first-order valence-corrected chi connectivity index (χ1v) is 9.95. The van der Waals surface area contributed by atoms with E-state index in [2.05, 4.69) is 54.5 Å². The number of carbonyl (C=O) groups excluding carboxylic acids is 1. The Morgan fingerprint density at radius 3 is 2.55 bits per heavy atom. The topological polar surface area (TPSA) is 145 Å². The molecule has 2 aromatic heterocycles. The van der Waals surface area contributed by atoms with Gasteiger partial charge in [0.1, 0.15) is 12.2 Å². The third-order valence-electron chi connectivity index (χ3n) is 4.60. The van der Waals surface area contributed by atoms with Gasteiger partial charge in [-0.05, 0) is 41.9 Å². The van der Waals surface area contributed by atoms with Gasteiger partial charge in [-0.3, -0.25) is 4.79 Å². The Kier molecular flexibility index (Phi) is 6.92. The van der Waals surface area contributed by atoms with Crippen molar-refractivity contribution in [3.05, 3.63) is 41.2 Å². The van der Waals surface area contributed by atoms with Gasteiger partial charge >= 0.3 is 0 Å². The fourth-order valence-corrected chi connectivity index (χ4v) is 3.06. The summed E-state index contributed by atoms with van der Waals surface area (Å²) >= 11 is 0. The maximum absolute atomic E-state index is 12.7. The summed E-state index contributed by atoms with van der Waals surface area (Å²) in [5.41, 5.74) is 10.9. The summed E-state index contributed by atoms with van der Waals surface area (Å²) in [4.78, 5) is 16.0. The van der Waals surface area contributed by atoms with E-state index in [1.54, 1.807) is 6.21 Å². The zero-order valence-corrected chi connectivity index (χ0v) is 18.0. The van der Waals surface area contributed by atoms with Crippen LogP contribution in [0, 0.1) is 0 Å². The second kappa shape index (κ2) is 9.80. The normalized spacial score (nSPS) is 11.4. The molecule has 1 aromatic carbocycles. The van der Waals surface area contributed by atoms with E-state index in [9.17, 15) is 4.79 Å². The zero-order valence-electron chi connectivity index (χ0n) is 18.0. The molecule has 4 N–H and O–H groups in total. The van der Waals surface area contributed by atoms with Crippen LogP contribution in [0.2, 0.25) is 0 Å². The Labute approximate surface area is 179 Å². The third-order valence-corrected chi connectivity index (χ3v) is 4.60. The summed E-state index contributed by atoms with van der Waals surface area (Å²) in [6.07, 6.45) is 1.57. The molecular weight excluding hydrogens is 400 g/mol. The van der Waals surface area contributed by atoms with Crippen molar-refractivity contribution in [1.82, 2.24) is 30.7 Å². The molecule has 1 amide bonds. The van der Waals surface area contributed by atoms with Gasteiger partial charge in [0, 0.05) is 18.8 Å². The molecule has 2 heterocycles. The number of hydrogen-bond acceptors (Lipinski definition) is 9. The van der Waals surface area contributed by atoms with Gasteiger partial charge in [0.2, 0.25) is 11.6 Å². The van der Waals surface area contributed by atoms with Crippen molar-refractivity contribution >= 4 is 23.6 Å². The lowest BCUT2D eigenvalue weighted by Crippen LogP contribution is -3.04. The minimum Gasteiger partial charge on any atom is -0.378 e. The number of amides is 1. The summed E-state index contributed by atoms with van der Waals surface area (Å²) in [6, 6.07) is 7.94. The molecule has 0 aliphatic heterocycles. The molecule has 0 spiro atoms. The van der Waals surface area contributed by atoms with Crippen molar-refractivity contribution in [2.75, 3.05) is 37.8 Å². The number of quaternary nitrogens is 1. The monoisotopic (exact) mass is 427 g/mol. The quantitative estimate of drug-likeness (QED) is 0.306. The van der Waals surface area contributed by atoms with Gasteiger partial charge in [0.25, 0.3) is 5.91 Å². The van der Waals surface area contributed by atoms with E-state index < -0.39 is 5.91 Å². The minimum absolute atomic E-state index is 0.0537.